The molecule has 0 saturated heterocycles. The summed E-state index contributed by atoms with van der Waals surface area (Å²) in [6, 6.07) is 0. The summed E-state index contributed by atoms with van der Waals surface area (Å²) < 4.78 is 12.3. The fourth-order valence-electron chi connectivity index (χ4n) is 4.15. The van der Waals surface area contributed by atoms with Crippen molar-refractivity contribution < 1.29 is 9.47 Å². The van der Waals surface area contributed by atoms with Gasteiger partial charge >= 0.3 is 0 Å². The highest BCUT2D eigenvalue weighted by Gasteiger charge is 2.17. The highest BCUT2D eigenvalue weighted by Crippen LogP contribution is 2.31. The Bertz CT molecular complexity index is 456. The summed E-state index contributed by atoms with van der Waals surface area (Å²) in [6.07, 6.45) is 21.9. The zero-order valence-electron chi connectivity index (χ0n) is 21.3. The van der Waals surface area contributed by atoms with Crippen molar-refractivity contribution in [3.05, 3.63) is 21.9 Å². The molecule has 0 aliphatic heterocycles. The van der Waals surface area contributed by atoms with Crippen molar-refractivity contribution >= 4 is 11.3 Å². The first-order valence-corrected chi connectivity index (χ1v) is 14.4. The number of hydrogen-bond acceptors (Lipinski definition) is 3. The largest absolute Gasteiger partial charge is 0.374 e. The zero-order valence-corrected chi connectivity index (χ0v) is 22.1. The van der Waals surface area contributed by atoms with E-state index in [1.54, 1.807) is 11.3 Å². The summed E-state index contributed by atoms with van der Waals surface area (Å²) in [5.41, 5.74) is 2.65. The fourth-order valence-corrected chi connectivity index (χ4v) is 5.17. The Morgan fingerprint density at radius 2 is 0.871 bits per heavy atom. The molecule has 1 aromatic rings. The summed E-state index contributed by atoms with van der Waals surface area (Å²) in [5.74, 6) is 0. The van der Waals surface area contributed by atoms with Crippen molar-refractivity contribution in [2.24, 2.45) is 0 Å². The lowest BCUT2D eigenvalue weighted by Gasteiger charge is -2.18. The van der Waals surface area contributed by atoms with Gasteiger partial charge in [0.15, 0.2) is 0 Å². The molecule has 0 bridgehead atoms. The molecular weight excluding hydrogens is 400 g/mol. The van der Waals surface area contributed by atoms with Crippen LogP contribution in [0.2, 0.25) is 0 Å². The third-order valence-corrected chi connectivity index (χ3v) is 7.11. The Balaban J connectivity index is 2.13. The molecular formula is C28H52O2S. The molecule has 0 saturated carbocycles. The van der Waals surface area contributed by atoms with Crippen LogP contribution in [0.4, 0.5) is 0 Å². The SMILES string of the molecule is CCCCCCCCCCOC(C)c1cscc1C(C)OCCCCCCCCCC. The summed E-state index contributed by atoms with van der Waals surface area (Å²) in [4.78, 5) is 0. The first-order chi connectivity index (χ1) is 15.2. The van der Waals surface area contributed by atoms with E-state index >= 15 is 0 Å². The predicted octanol–water partition coefficient (Wildman–Crippen LogP) is 10.2. The molecule has 2 unspecified atom stereocenters. The van der Waals surface area contributed by atoms with Gasteiger partial charge in [-0.2, -0.15) is 11.3 Å². The van der Waals surface area contributed by atoms with Crippen LogP contribution in [0, 0.1) is 0 Å². The van der Waals surface area contributed by atoms with E-state index in [4.69, 9.17) is 9.47 Å². The van der Waals surface area contributed by atoms with Gasteiger partial charge < -0.3 is 9.47 Å². The maximum Gasteiger partial charge on any atom is 0.0808 e. The van der Waals surface area contributed by atoms with Crippen LogP contribution >= 0.6 is 11.3 Å². The second-order valence-electron chi connectivity index (χ2n) is 9.26. The van der Waals surface area contributed by atoms with Crippen LogP contribution in [0.15, 0.2) is 10.8 Å². The molecule has 0 aliphatic rings. The van der Waals surface area contributed by atoms with E-state index in [1.165, 1.54) is 114 Å². The minimum Gasteiger partial charge on any atom is -0.374 e. The number of rotatable bonds is 22. The van der Waals surface area contributed by atoms with E-state index in [0.717, 1.165) is 13.2 Å². The van der Waals surface area contributed by atoms with E-state index in [1.807, 2.05) is 0 Å². The predicted molar refractivity (Wildman–Crippen MR) is 138 cm³/mol. The Kier molecular flexibility index (Phi) is 18.7. The minimum absolute atomic E-state index is 0.167. The first kappa shape index (κ1) is 28.7. The first-order valence-electron chi connectivity index (χ1n) is 13.5. The standard InChI is InChI=1S/C28H52O2S/c1-5-7-9-11-13-15-17-19-21-29-25(3)27-23-31-24-28(27)26(4)30-22-20-18-16-14-12-10-8-6-2/h23-26H,5-22H2,1-4H3. The fraction of sp³-hybridized carbons (Fsp3) is 0.857. The maximum atomic E-state index is 6.17. The molecule has 182 valence electrons. The van der Waals surface area contributed by atoms with Crippen LogP contribution in [-0.4, -0.2) is 13.2 Å². The molecule has 0 fully saturated rings. The van der Waals surface area contributed by atoms with E-state index in [0.29, 0.717) is 0 Å². The molecule has 0 aliphatic carbocycles. The molecule has 2 nitrogen and oxygen atoms in total. The Morgan fingerprint density at radius 1 is 0.548 bits per heavy atom. The zero-order chi connectivity index (χ0) is 22.6. The maximum absolute atomic E-state index is 6.17. The van der Waals surface area contributed by atoms with Crippen LogP contribution in [0.5, 0.6) is 0 Å². The molecule has 0 spiro atoms. The molecule has 1 heterocycles. The van der Waals surface area contributed by atoms with E-state index < -0.39 is 0 Å². The van der Waals surface area contributed by atoms with Crippen LogP contribution in [0.3, 0.4) is 0 Å². The Morgan fingerprint density at radius 3 is 1.23 bits per heavy atom. The molecule has 31 heavy (non-hydrogen) atoms. The smallest absolute Gasteiger partial charge is 0.0808 e. The highest BCUT2D eigenvalue weighted by atomic mass is 32.1. The summed E-state index contributed by atoms with van der Waals surface area (Å²) in [5, 5.41) is 4.51. The molecule has 0 N–H and O–H groups in total. The van der Waals surface area contributed by atoms with Crippen molar-refractivity contribution in [1.82, 2.24) is 0 Å². The van der Waals surface area contributed by atoms with Gasteiger partial charge in [-0.25, -0.2) is 0 Å². The van der Waals surface area contributed by atoms with Crippen LogP contribution in [0.1, 0.15) is 154 Å². The topological polar surface area (TPSA) is 18.5 Å². The molecule has 0 amide bonds. The lowest BCUT2D eigenvalue weighted by Crippen LogP contribution is -2.07. The van der Waals surface area contributed by atoms with Crippen LogP contribution in [0.25, 0.3) is 0 Å². The summed E-state index contributed by atoms with van der Waals surface area (Å²) >= 11 is 1.78. The van der Waals surface area contributed by atoms with Crippen molar-refractivity contribution in [1.29, 1.82) is 0 Å². The van der Waals surface area contributed by atoms with Crippen molar-refractivity contribution in [2.45, 2.75) is 143 Å². The second-order valence-corrected chi connectivity index (χ2v) is 10.0. The normalized spacial score (nSPS) is 13.5. The van der Waals surface area contributed by atoms with Gasteiger partial charge in [-0.3, -0.25) is 0 Å². The van der Waals surface area contributed by atoms with Gasteiger partial charge in [-0.05, 0) is 48.6 Å². The van der Waals surface area contributed by atoms with E-state index in [-0.39, 0.29) is 12.2 Å². The van der Waals surface area contributed by atoms with Gasteiger partial charge in [0.25, 0.3) is 0 Å². The van der Waals surface area contributed by atoms with Gasteiger partial charge in [0.1, 0.15) is 0 Å². The quantitative estimate of drug-likeness (QED) is 0.163. The summed E-state index contributed by atoms with van der Waals surface area (Å²) in [7, 11) is 0. The van der Waals surface area contributed by atoms with E-state index in [9.17, 15) is 0 Å². The van der Waals surface area contributed by atoms with Crippen molar-refractivity contribution in [3.8, 4) is 0 Å². The average Bonchev–Trinajstić information content (AvgIpc) is 3.27. The van der Waals surface area contributed by atoms with Gasteiger partial charge in [0.05, 0.1) is 12.2 Å². The van der Waals surface area contributed by atoms with Crippen molar-refractivity contribution in [2.75, 3.05) is 13.2 Å². The number of unbranched alkanes of at least 4 members (excludes halogenated alkanes) is 14. The van der Waals surface area contributed by atoms with Gasteiger partial charge in [-0.1, -0.05) is 104 Å². The van der Waals surface area contributed by atoms with Gasteiger partial charge in [-0.15, -0.1) is 0 Å². The van der Waals surface area contributed by atoms with Crippen LogP contribution < -0.4 is 0 Å². The monoisotopic (exact) mass is 452 g/mol. The lowest BCUT2D eigenvalue weighted by molar-refractivity contribution is 0.0475. The summed E-state index contributed by atoms with van der Waals surface area (Å²) in [6.45, 7) is 10.7. The molecule has 0 radical (unpaired) electrons. The highest BCUT2D eigenvalue weighted by molar-refractivity contribution is 7.08. The third kappa shape index (κ3) is 14.4. The van der Waals surface area contributed by atoms with Gasteiger partial charge in [0, 0.05) is 13.2 Å². The molecule has 0 aromatic carbocycles. The molecule has 1 rings (SSSR count). The molecule has 2 atom stereocenters. The minimum atomic E-state index is 0.167. The van der Waals surface area contributed by atoms with Crippen molar-refractivity contribution in [3.63, 3.8) is 0 Å². The average molecular weight is 453 g/mol. The molecule has 1 aromatic heterocycles. The second kappa shape index (κ2) is 20.2. The third-order valence-electron chi connectivity index (χ3n) is 6.33. The lowest BCUT2D eigenvalue weighted by atomic mass is 10.1. The Hall–Kier alpha value is -0.380. The number of hydrogen-bond donors (Lipinski definition) is 0. The van der Waals surface area contributed by atoms with E-state index in [2.05, 4.69) is 38.5 Å². The van der Waals surface area contributed by atoms with Gasteiger partial charge in [0.2, 0.25) is 0 Å². The number of ether oxygens (including phenoxy) is 2. The Labute approximate surface area is 198 Å². The molecule has 3 heteroatoms. The number of thiophene rings is 1. The van der Waals surface area contributed by atoms with Crippen LogP contribution in [-0.2, 0) is 9.47 Å².